The van der Waals surface area contributed by atoms with E-state index < -0.39 is 64.6 Å². The molecule has 272 valence electrons. The van der Waals surface area contributed by atoms with Gasteiger partial charge in [-0.1, -0.05) is 60.3 Å². The third-order valence-electron chi connectivity index (χ3n) is 9.84. The molecular weight excluding hydrogens is 632 g/mol. The van der Waals surface area contributed by atoms with E-state index in [4.69, 9.17) is 4.52 Å². The third-order valence-corrected chi connectivity index (χ3v) is 9.84. The minimum absolute atomic E-state index is 0.0116. The lowest BCUT2D eigenvalue weighted by Crippen LogP contribution is -2.62. The molecule has 0 spiro atoms. The average Bonchev–Trinajstić information content (AvgIpc) is 3.64. The van der Waals surface area contributed by atoms with E-state index in [9.17, 15) is 33.6 Å². The monoisotopic (exact) mass is 686 g/mol. The number of nitrogens with one attached hydrogen (secondary N) is 4. The van der Waals surface area contributed by atoms with Gasteiger partial charge < -0.3 is 30.3 Å². The van der Waals surface area contributed by atoms with E-state index >= 15 is 0 Å². The van der Waals surface area contributed by atoms with Crippen molar-refractivity contribution in [3.05, 3.63) is 22.2 Å². The molecule has 5 rings (SSSR count). The normalized spacial score (nSPS) is 22.9. The predicted molar refractivity (Wildman–Crippen MR) is 180 cm³/mol. The van der Waals surface area contributed by atoms with Crippen LogP contribution in [0.25, 0.3) is 0 Å². The minimum atomic E-state index is -1.03. The second kappa shape index (κ2) is 16.2. The van der Waals surface area contributed by atoms with E-state index in [0.717, 1.165) is 38.2 Å². The maximum absolute atomic E-state index is 14.3. The fourth-order valence-electron chi connectivity index (χ4n) is 6.95. The average molecular weight is 687 g/mol. The highest BCUT2D eigenvalue weighted by atomic mass is 16.5. The van der Waals surface area contributed by atoms with Gasteiger partial charge >= 0.3 is 0 Å². The highest BCUT2D eigenvalue weighted by Gasteiger charge is 2.49. The Morgan fingerprint density at radius 1 is 0.980 bits per heavy atom. The Balaban J connectivity index is 0.00000174. The zero-order chi connectivity index (χ0) is 36.0. The Morgan fingerprint density at radius 2 is 1.63 bits per heavy atom. The fourth-order valence-corrected chi connectivity index (χ4v) is 6.95. The quantitative estimate of drug-likeness (QED) is 0.270. The first kappa shape index (κ1) is 37.8. The molecule has 1 aromatic rings. The first-order valence-electron chi connectivity index (χ1n) is 17.9. The van der Waals surface area contributed by atoms with Gasteiger partial charge in [0, 0.05) is 19.1 Å². The molecule has 3 heterocycles. The molecule has 4 unspecified atom stereocenters. The smallest absolute Gasteiger partial charge is 0.290 e. The number of hydrogen-bond donors (Lipinski definition) is 4. The number of Topliss-reactive ketones (excluding diaryl/α,β-unsaturated/α-hetero) is 1. The lowest BCUT2D eigenvalue weighted by molar-refractivity contribution is -0.151. The number of likely N-dealkylation sites (tertiary alicyclic amines) is 2. The van der Waals surface area contributed by atoms with E-state index in [2.05, 4.69) is 35.0 Å². The Morgan fingerprint density at radius 3 is 2.20 bits per heavy atom. The summed E-state index contributed by atoms with van der Waals surface area (Å²) in [6.45, 7) is 11.9. The van der Waals surface area contributed by atoms with Crippen LogP contribution in [0.3, 0.4) is 0 Å². The summed E-state index contributed by atoms with van der Waals surface area (Å²) < 4.78 is 4.95. The van der Waals surface area contributed by atoms with Crippen molar-refractivity contribution in [2.45, 2.75) is 136 Å². The topological polar surface area (TPSA) is 191 Å². The molecule has 14 nitrogen and oxygen atoms in total. The van der Waals surface area contributed by atoms with Crippen molar-refractivity contribution in [3.63, 3.8) is 0 Å². The van der Waals surface area contributed by atoms with Gasteiger partial charge in [0.1, 0.15) is 18.1 Å². The number of fused-ring (bicyclic) bond motifs is 2. The first-order valence-corrected chi connectivity index (χ1v) is 17.9. The lowest BCUT2D eigenvalue weighted by Gasteiger charge is -2.39. The zero-order valence-corrected chi connectivity index (χ0v) is 29.8. The summed E-state index contributed by atoms with van der Waals surface area (Å²) in [5.41, 5.74) is -1.34. The Hall–Kier alpha value is -3.97. The number of aromatic amines is 1. The molecular formula is C35H54N6O8. The molecule has 2 saturated heterocycles. The summed E-state index contributed by atoms with van der Waals surface area (Å²) in [7, 11) is 0. The van der Waals surface area contributed by atoms with E-state index in [1.165, 1.54) is 16.2 Å². The summed E-state index contributed by atoms with van der Waals surface area (Å²) in [5, 5.41) is 10.4. The molecule has 4 N–H and O–H groups in total. The Kier molecular flexibility index (Phi) is 12.5. The number of nitrogens with zero attached hydrogens (tertiary/aromatic N) is 2. The zero-order valence-electron chi connectivity index (χ0n) is 29.8. The van der Waals surface area contributed by atoms with E-state index in [1.54, 1.807) is 6.92 Å². The maximum Gasteiger partial charge on any atom is 0.290 e. The van der Waals surface area contributed by atoms with Crippen LogP contribution in [-0.2, 0) is 24.0 Å². The van der Waals surface area contributed by atoms with Crippen LogP contribution in [0.1, 0.15) is 116 Å². The molecule has 2 saturated carbocycles. The molecule has 4 fully saturated rings. The molecule has 4 aliphatic rings. The molecule has 2 bridgehead atoms. The van der Waals surface area contributed by atoms with E-state index in [-0.39, 0.29) is 29.5 Å². The molecule has 49 heavy (non-hydrogen) atoms. The van der Waals surface area contributed by atoms with Crippen molar-refractivity contribution in [1.29, 1.82) is 0 Å². The van der Waals surface area contributed by atoms with E-state index in [1.807, 2.05) is 20.8 Å². The molecule has 1 aromatic heterocycles. The van der Waals surface area contributed by atoms with Crippen LogP contribution < -0.4 is 21.5 Å². The summed E-state index contributed by atoms with van der Waals surface area (Å²) in [6.07, 6.45) is 8.15. The molecule has 0 radical (unpaired) electrons. The second-order valence-electron chi connectivity index (χ2n) is 15.2. The van der Waals surface area contributed by atoms with Crippen LogP contribution >= 0.6 is 0 Å². The maximum atomic E-state index is 14.3. The summed E-state index contributed by atoms with van der Waals surface area (Å²) in [5.74, 6) is -3.82. The van der Waals surface area contributed by atoms with Gasteiger partial charge in [0.25, 0.3) is 17.4 Å². The van der Waals surface area contributed by atoms with Crippen molar-refractivity contribution < 1.29 is 33.3 Å². The number of aromatic nitrogens is 1. The lowest BCUT2D eigenvalue weighted by atomic mass is 9.82. The van der Waals surface area contributed by atoms with Gasteiger partial charge in [-0.2, -0.15) is 5.16 Å². The van der Waals surface area contributed by atoms with Gasteiger partial charge in [-0.25, -0.2) is 0 Å². The predicted octanol–water partition coefficient (Wildman–Crippen LogP) is 2.28. The van der Waals surface area contributed by atoms with Crippen LogP contribution in [0.4, 0.5) is 0 Å². The van der Waals surface area contributed by atoms with Gasteiger partial charge in [-0.3, -0.25) is 33.6 Å². The second-order valence-corrected chi connectivity index (χ2v) is 15.2. The highest BCUT2D eigenvalue weighted by Crippen LogP contribution is 2.34. The standard InChI is InChI=1S/C32H46N6O8.C3H8/c1-17(25(40)29(43)33-20-10-11-20)37-13-12-18-14-21(30(37)44)38(16-18)31(45)26(32(2,3)4)35-28(42)24(19-8-6-5-7-9-19)34-27(41)22-15-23(39)36-46-22;1-3-2/h15,17-21,24,26H,5-14,16H2,1-4H3,(H,33,43)(H,34,41)(H,35,42)(H,36,39);3H2,1-2H3/t17?,18-,21?,24?,26?;/m1./s1. The van der Waals surface area contributed by atoms with Gasteiger partial charge in [-0.05, 0) is 62.7 Å². The molecule has 14 heteroatoms. The highest BCUT2D eigenvalue weighted by molar-refractivity contribution is 6.38. The van der Waals surface area contributed by atoms with Gasteiger partial charge in [0.2, 0.25) is 29.3 Å². The number of rotatable bonds is 10. The van der Waals surface area contributed by atoms with Crippen LogP contribution in [-0.4, -0.2) is 93.6 Å². The van der Waals surface area contributed by atoms with E-state index in [0.29, 0.717) is 38.8 Å². The van der Waals surface area contributed by atoms with Gasteiger partial charge in [0.15, 0.2) is 0 Å². The summed E-state index contributed by atoms with van der Waals surface area (Å²) >= 11 is 0. The van der Waals surface area contributed by atoms with Gasteiger partial charge in [-0.15, -0.1) is 0 Å². The SMILES string of the molecule is CC(C(=O)C(=O)NC1CC1)N1CC[C@@H]2CC(C1=O)N(C(=O)C(NC(=O)C(NC(=O)c1cc(=O)[nH]o1)C1CCCCC1)C(C)(C)C)C2.CCC. The Labute approximate surface area is 287 Å². The number of hydrogen-bond acceptors (Lipinski definition) is 8. The van der Waals surface area contributed by atoms with Crippen molar-refractivity contribution in [2.75, 3.05) is 13.1 Å². The number of amides is 5. The van der Waals surface area contributed by atoms with Crippen molar-refractivity contribution in [1.82, 2.24) is 30.9 Å². The van der Waals surface area contributed by atoms with Crippen molar-refractivity contribution in [2.24, 2.45) is 17.3 Å². The third kappa shape index (κ3) is 9.39. The molecule has 5 amide bonds. The molecule has 5 atom stereocenters. The number of carbonyl (C=O) groups excluding carboxylic acids is 6. The largest absolute Gasteiger partial charge is 0.373 e. The molecule has 2 aliphatic heterocycles. The number of ketones is 1. The first-order chi connectivity index (χ1) is 23.2. The number of carbonyl (C=O) groups is 6. The van der Waals surface area contributed by atoms with Crippen LogP contribution in [0.2, 0.25) is 0 Å². The van der Waals surface area contributed by atoms with Crippen molar-refractivity contribution >= 4 is 35.3 Å². The molecule has 2 aliphatic carbocycles. The van der Waals surface area contributed by atoms with Crippen LogP contribution in [0.15, 0.2) is 15.4 Å². The number of H-pyrrole nitrogens is 1. The van der Waals surface area contributed by atoms with Crippen LogP contribution in [0.5, 0.6) is 0 Å². The van der Waals surface area contributed by atoms with Gasteiger partial charge in [0.05, 0.1) is 12.1 Å². The van der Waals surface area contributed by atoms with Crippen LogP contribution in [0, 0.1) is 17.3 Å². The molecule has 0 aromatic carbocycles. The van der Waals surface area contributed by atoms with Crippen molar-refractivity contribution in [3.8, 4) is 0 Å². The fraction of sp³-hybridized carbons (Fsp3) is 0.743. The summed E-state index contributed by atoms with van der Waals surface area (Å²) in [6, 6.07) is -2.78. The Bertz CT molecular complexity index is 1440. The minimum Gasteiger partial charge on any atom is -0.373 e. The summed E-state index contributed by atoms with van der Waals surface area (Å²) in [4.78, 5) is 94.9.